The number of aryl methyl sites for hydroxylation is 1. The molecule has 2 N–H and O–H groups in total. The zero-order valence-corrected chi connectivity index (χ0v) is 17.9. The molecule has 0 saturated carbocycles. The number of hydrogen-bond donors (Lipinski definition) is 1. The van der Waals surface area contributed by atoms with E-state index in [0.29, 0.717) is 39.4 Å². The molecule has 1 aromatic carbocycles. The summed E-state index contributed by atoms with van der Waals surface area (Å²) in [4.78, 5) is 29.0. The fourth-order valence-electron chi connectivity index (χ4n) is 3.94. The molecular weight excluding hydrogens is 402 g/mol. The van der Waals surface area contributed by atoms with Crippen LogP contribution in [-0.4, -0.2) is 19.5 Å². The van der Waals surface area contributed by atoms with E-state index in [0.717, 1.165) is 23.1 Å². The van der Waals surface area contributed by atoms with Crippen molar-refractivity contribution in [1.82, 2.24) is 19.5 Å². The van der Waals surface area contributed by atoms with Crippen LogP contribution < -0.4 is 11.3 Å². The molecule has 0 amide bonds. The van der Waals surface area contributed by atoms with Gasteiger partial charge in [-0.15, -0.1) is 11.3 Å². The quantitative estimate of drug-likeness (QED) is 0.397. The summed E-state index contributed by atoms with van der Waals surface area (Å²) < 4.78 is 1.58. The third-order valence-electron chi connectivity index (χ3n) is 5.50. The van der Waals surface area contributed by atoms with Crippen molar-refractivity contribution >= 4 is 50.0 Å². The van der Waals surface area contributed by atoms with Crippen LogP contribution in [0.25, 0.3) is 21.1 Å². The van der Waals surface area contributed by atoms with Crippen molar-refractivity contribution in [2.24, 2.45) is 13.0 Å². The van der Waals surface area contributed by atoms with Gasteiger partial charge in [-0.1, -0.05) is 30.8 Å². The largest absolute Gasteiger partial charge is 0.383 e. The Morgan fingerprint density at radius 3 is 2.97 bits per heavy atom. The van der Waals surface area contributed by atoms with Gasteiger partial charge in [0.25, 0.3) is 5.56 Å². The summed E-state index contributed by atoms with van der Waals surface area (Å²) in [5, 5.41) is 2.32. The molecule has 1 aliphatic rings. The molecule has 3 aromatic heterocycles. The Kier molecular flexibility index (Phi) is 4.55. The van der Waals surface area contributed by atoms with Crippen LogP contribution in [0.3, 0.4) is 0 Å². The number of thiophene rings is 1. The highest BCUT2D eigenvalue weighted by Crippen LogP contribution is 2.39. The van der Waals surface area contributed by atoms with E-state index in [4.69, 9.17) is 10.7 Å². The predicted molar refractivity (Wildman–Crippen MR) is 120 cm³/mol. The molecule has 5 rings (SSSR count). The molecule has 148 valence electrons. The lowest BCUT2D eigenvalue weighted by Gasteiger charge is -2.17. The van der Waals surface area contributed by atoms with E-state index in [1.54, 1.807) is 29.0 Å². The minimum Gasteiger partial charge on any atom is -0.383 e. The first-order chi connectivity index (χ1) is 14.0. The molecule has 0 radical (unpaired) electrons. The number of benzene rings is 1. The summed E-state index contributed by atoms with van der Waals surface area (Å²) in [7, 11) is 1.75. The molecule has 1 unspecified atom stereocenters. The maximum absolute atomic E-state index is 12.6. The Labute approximate surface area is 176 Å². The summed E-state index contributed by atoms with van der Waals surface area (Å²) in [6.07, 6.45) is 3.35. The van der Waals surface area contributed by atoms with E-state index in [-0.39, 0.29) is 5.56 Å². The Morgan fingerprint density at radius 2 is 2.10 bits per heavy atom. The van der Waals surface area contributed by atoms with Gasteiger partial charge in [-0.3, -0.25) is 9.36 Å². The van der Waals surface area contributed by atoms with Crippen molar-refractivity contribution in [2.75, 3.05) is 5.73 Å². The smallest absolute Gasteiger partial charge is 0.261 e. The third-order valence-corrected chi connectivity index (χ3v) is 7.68. The first kappa shape index (κ1) is 18.6. The van der Waals surface area contributed by atoms with Gasteiger partial charge in [0, 0.05) is 11.9 Å². The summed E-state index contributed by atoms with van der Waals surface area (Å²) in [5.41, 5.74) is 8.33. The van der Waals surface area contributed by atoms with Gasteiger partial charge in [-0.05, 0) is 42.9 Å². The predicted octanol–water partition coefficient (Wildman–Crippen LogP) is 3.94. The van der Waals surface area contributed by atoms with Crippen molar-refractivity contribution in [3.8, 4) is 0 Å². The van der Waals surface area contributed by atoms with E-state index >= 15 is 0 Å². The van der Waals surface area contributed by atoms with Crippen molar-refractivity contribution in [3.05, 3.63) is 50.9 Å². The number of nitrogens with zero attached hydrogens (tertiary/aromatic N) is 4. The second-order valence-corrected chi connectivity index (χ2v) is 9.65. The number of hydrogen-bond acceptors (Lipinski definition) is 7. The summed E-state index contributed by atoms with van der Waals surface area (Å²) >= 11 is 3.21. The number of nitrogens with two attached hydrogens (primary N) is 1. The van der Waals surface area contributed by atoms with Crippen LogP contribution in [0.2, 0.25) is 0 Å². The Balaban J connectivity index is 1.48. The monoisotopic (exact) mass is 423 g/mol. The van der Waals surface area contributed by atoms with Crippen LogP contribution in [0.4, 0.5) is 5.82 Å². The molecule has 4 aromatic rings. The van der Waals surface area contributed by atoms with Gasteiger partial charge >= 0.3 is 0 Å². The Hall–Kier alpha value is -2.45. The van der Waals surface area contributed by atoms with Crippen molar-refractivity contribution in [1.29, 1.82) is 0 Å². The Morgan fingerprint density at radius 1 is 1.28 bits per heavy atom. The first-order valence-corrected chi connectivity index (χ1v) is 11.5. The minimum absolute atomic E-state index is 0.0472. The number of thioether (sulfide) groups is 1. The van der Waals surface area contributed by atoms with Gasteiger partial charge < -0.3 is 5.73 Å². The highest BCUT2D eigenvalue weighted by molar-refractivity contribution is 7.98. The second kappa shape index (κ2) is 7.11. The van der Waals surface area contributed by atoms with Gasteiger partial charge in [0.15, 0.2) is 5.16 Å². The van der Waals surface area contributed by atoms with E-state index in [1.807, 2.05) is 18.2 Å². The lowest BCUT2D eigenvalue weighted by molar-refractivity contribution is 0.509. The highest BCUT2D eigenvalue weighted by Gasteiger charge is 2.23. The molecule has 1 aliphatic carbocycles. The van der Waals surface area contributed by atoms with Crippen LogP contribution >= 0.6 is 23.1 Å². The van der Waals surface area contributed by atoms with E-state index in [2.05, 4.69) is 16.9 Å². The molecule has 0 spiro atoms. The zero-order chi connectivity index (χ0) is 20.1. The lowest BCUT2D eigenvalue weighted by Crippen LogP contribution is -2.20. The summed E-state index contributed by atoms with van der Waals surface area (Å²) in [6, 6.07) is 7.40. The molecule has 6 nitrogen and oxygen atoms in total. The number of nitrogen functional groups attached to an aromatic ring is 1. The molecule has 29 heavy (non-hydrogen) atoms. The molecule has 8 heteroatoms. The fourth-order valence-corrected chi connectivity index (χ4v) is 6.17. The Bertz CT molecular complexity index is 1310. The molecule has 0 fully saturated rings. The van der Waals surface area contributed by atoms with Gasteiger partial charge in [0.2, 0.25) is 0 Å². The summed E-state index contributed by atoms with van der Waals surface area (Å²) in [5.74, 6) is 2.46. The topological polar surface area (TPSA) is 86.7 Å². The first-order valence-electron chi connectivity index (χ1n) is 9.66. The fraction of sp³-hybridized carbons (Fsp3) is 0.333. The van der Waals surface area contributed by atoms with Crippen molar-refractivity contribution in [2.45, 2.75) is 37.1 Å². The van der Waals surface area contributed by atoms with Gasteiger partial charge in [-0.25, -0.2) is 15.0 Å². The molecule has 0 bridgehead atoms. The van der Waals surface area contributed by atoms with Crippen molar-refractivity contribution in [3.63, 3.8) is 0 Å². The number of rotatable bonds is 3. The number of anilines is 1. The number of aromatic nitrogens is 4. The van der Waals surface area contributed by atoms with E-state index in [1.165, 1.54) is 28.6 Å². The molecule has 0 saturated heterocycles. The van der Waals surface area contributed by atoms with Crippen LogP contribution in [0.1, 0.15) is 29.6 Å². The maximum atomic E-state index is 12.6. The van der Waals surface area contributed by atoms with Gasteiger partial charge in [0.1, 0.15) is 16.5 Å². The second-order valence-electron chi connectivity index (χ2n) is 7.62. The minimum atomic E-state index is -0.0472. The van der Waals surface area contributed by atoms with Crippen molar-refractivity contribution < 1.29 is 0 Å². The SMILES string of the molecule is CC1CCc2c(sc3nc(CSc4nc5ccccc5c(=O)n4C)nc(N)c23)C1. The zero-order valence-electron chi connectivity index (χ0n) is 16.3. The molecule has 1 atom stereocenters. The third kappa shape index (κ3) is 3.20. The number of fused-ring (bicyclic) bond motifs is 4. The highest BCUT2D eigenvalue weighted by atomic mass is 32.2. The van der Waals surface area contributed by atoms with E-state index < -0.39 is 0 Å². The lowest BCUT2D eigenvalue weighted by atomic mass is 9.89. The maximum Gasteiger partial charge on any atom is 0.261 e. The van der Waals surface area contributed by atoms with Gasteiger partial charge in [-0.2, -0.15) is 0 Å². The summed E-state index contributed by atoms with van der Waals surface area (Å²) in [6.45, 7) is 2.30. The van der Waals surface area contributed by atoms with Crippen LogP contribution in [-0.2, 0) is 25.6 Å². The van der Waals surface area contributed by atoms with Crippen LogP contribution in [0.15, 0.2) is 34.2 Å². The normalized spacial score (nSPS) is 16.4. The van der Waals surface area contributed by atoms with Crippen LogP contribution in [0, 0.1) is 5.92 Å². The van der Waals surface area contributed by atoms with Gasteiger partial charge in [0.05, 0.1) is 22.0 Å². The molecule has 3 heterocycles. The van der Waals surface area contributed by atoms with Crippen LogP contribution in [0.5, 0.6) is 0 Å². The average molecular weight is 424 g/mol. The van der Waals surface area contributed by atoms with E-state index in [9.17, 15) is 4.79 Å². The molecule has 0 aliphatic heterocycles. The number of para-hydroxylation sites is 1. The molecular formula is C21H21N5OS2. The average Bonchev–Trinajstić information content (AvgIpc) is 3.07. The standard InChI is InChI=1S/C21H21N5OS2/c1-11-7-8-13-15(9-11)29-19-17(13)18(22)24-16(25-19)10-28-21-23-14-6-4-3-5-12(14)20(27)26(21)2/h3-6,11H,7-10H2,1-2H3,(H2,22,24,25).